The number of halogens is 1. The number of hydrogen-bond acceptors (Lipinski definition) is 4. The van der Waals surface area contributed by atoms with E-state index >= 15 is 0 Å². The number of hydroxylamine groups is 2. The van der Waals surface area contributed by atoms with Gasteiger partial charge in [-0.25, -0.2) is 4.79 Å². The summed E-state index contributed by atoms with van der Waals surface area (Å²) >= 11 is 12.9. The van der Waals surface area contributed by atoms with Gasteiger partial charge in [0, 0.05) is 17.3 Å². The van der Waals surface area contributed by atoms with Gasteiger partial charge in [-0.05, 0) is 38.0 Å². The highest BCUT2D eigenvalue weighted by Gasteiger charge is 2.49. The fraction of sp³-hybridized carbons (Fsp3) is 0.500. The van der Waals surface area contributed by atoms with Gasteiger partial charge in [0.15, 0.2) is 0 Å². The summed E-state index contributed by atoms with van der Waals surface area (Å²) in [7, 11) is 0. The lowest BCUT2D eigenvalue weighted by Gasteiger charge is -2.37. The molecule has 8 heteroatoms. The Hall–Kier alpha value is -1.02. The Balaban J connectivity index is 2.19. The lowest BCUT2D eigenvalue weighted by Crippen LogP contribution is -2.56. The molecule has 1 aliphatic heterocycles. The first-order chi connectivity index (χ1) is 11.1. The van der Waals surface area contributed by atoms with Gasteiger partial charge in [0.25, 0.3) is 0 Å². The molecule has 1 aromatic rings. The molecule has 1 aliphatic rings. The van der Waals surface area contributed by atoms with E-state index in [9.17, 15) is 10.0 Å². The average Bonchev–Trinajstić information content (AvgIpc) is 2.66. The van der Waals surface area contributed by atoms with Crippen molar-refractivity contribution in [2.24, 2.45) is 5.92 Å². The Kier molecular flexibility index (Phi) is 6.01. The number of carbonyl (C=O) groups excluding carboxylic acids is 1. The Morgan fingerprint density at radius 3 is 2.79 bits per heavy atom. The largest absolute Gasteiger partial charge is 0.347 e. The molecule has 2 rings (SSSR count). The highest BCUT2D eigenvalue weighted by atomic mass is 35.5. The number of thioether (sulfide) groups is 1. The van der Waals surface area contributed by atoms with Gasteiger partial charge in [-0.1, -0.05) is 55.5 Å². The number of rotatable bonds is 4. The monoisotopic (exact) mass is 387 g/mol. The van der Waals surface area contributed by atoms with Crippen LogP contribution in [0.15, 0.2) is 24.3 Å². The molecule has 132 valence electrons. The van der Waals surface area contributed by atoms with E-state index in [1.54, 1.807) is 24.3 Å². The molecule has 0 bridgehead atoms. The van der Waals surface area contributed by atoms with Gasteiger partial charge in [-0.15, -0.1) is 0 Å². The molecule has 2 amide bonds. The predicted octanol–water partition coefficient (Wildman–Crippen LogP) is 4.66. The third-order valence-electron chi connectivity index (χ3n) is 3.58. The standard InChI is InChI=1S/C16H22ClN3O2S2/c1-10(2)9-19-13(16(3,4)24-15(19)23)20(22)14(21)18-12-7-5-6-11(17)8-12/h5-8,10,13,22H,9H2,1-4H3,(H,18,21)/t13-/m1/s1. The summed E-state index contributed by atoms with van der Waals surface area (Å²) in [5.74, 6) is 0.351. The maximum absolute atomic E-state index is 12.5. The number of benzene rings is 1. The Labute approximate surface area is 157 Å². The van der Waals surface area contributed by atoms with Gasteiger partial charge >= 0.3 is 6.03 Å². The van der Waals surface area contributed by atoms with Crippen LogP contribution in [-0.2, 0) is 0 Å². The molecule has 0 saturated carbocycles. The van der Waals surface area contributed by atoms with E-state index in [-0.39, 0.29) is 0 Å². The van der Waals surface area contributed by atoms with Gasteiger partial charge in [0.05, 0.1) is 4.75 Å². The predicted molar refractivity (Wildman–Crippen MR) is 104 cm³/mol. The number of carbonyl (C=O) groups is 1. The van der Waals surface area contributed by atoms with Crippen molar-refractivity contribution >= 4 is 51.6 Å². The zero-order chi connectivity index (χ0) is 18.1. The third-order valence-corrected chi connectivity index (χ3v) is 5.45. The molecule has 0 radical (unpaired) electrons. The average molecular weight is 388 g/mol. The summed E-state index contributed by atoms with van der Waals surface area (Å²) in [6.45, 7) is 8.74. The maximum Gasteiger partial charge on any atom is 0.347 e. The van der Waals surface area contributed by atoms with E-state index in [1.807, 2.05) is 18.7 Å². The molecule has 5 nitrogen and oxygen atoms in total. The lowest BCUT2D eigenvalue weighted by atomic mass is 10.1. The van der Waals surface area contributed by atoms with Crippen LogP contribution >= 0.6 is 35.6 Å². The smallest absolute Gasteiger partial charge is 0.333 e. The van der Waals surface area contributed by atoms with E-state index in [0.29, 0.717) is 27.5 Å². The van der Waals surface area contributed by atoms with E-state index in [4.69, 9.17) is 23.8 Å². The highest BCUT2D eigenvalue weighted by molar-refractivity contribution is 8.24. The van der Waals surface area contributed by atoms with Crippen LogP contribution in [0.25, 0.3) is 0 Å². The summed E-state index contributed by atoms with van der Waals surface area (Å²) in [6.07, 6.45) is -0.545. The number of urea groups is 1. The van der Waals surface area contributed by atoms with Crippen LogP contribution in [0.2, 0.25) is 5.02 Å². The van der Waals surface area contributed by atoms with Crippen LogP contribution in [-0.4, -0.2) is 43.0 Å². The van der Waals surface area contributed by atoms with Crippen LogP contribution in [0.1, 0.15) is 27.7 Å². The number of hydrogen-bond donors (Lipinski definition) is 2. The number of nitrogens with zero attached hydrogens (tertiary/aromatic N) is 2. The quantitative estimate of drug-likeness (QED) is 0.447. The molecule has 1 saturated heterocycles. The molecule has 1 heterocycles. The van der Waals surface area contributed by atoms with Crippen LogP contribution in [0.5, 0.6) is 0 Å². The van der Waals surface area contributed by atoms with Crippen LogP contribution in [0, 0.1) is 5.92 Å². The SMILES string of the molecule is CC(C)CN1C(=S)SC(C)(C)[C@H]1N(O)C(=O)Nc1cccc(Cl)c1. The van der Waals surface area contributed by atoms with E-state index < -0.39 is 16.9 Å². The van der Waals surface area contributed by atoms with Gasteiger partial charge in [-0.2, -0.15) is 5.06 Å². The van der Waals surface area contributed by atoms with Crippen molar-refractivity contribution in [1.82, 2.24) is 9.96 Å². The molecule has 0 aliphatic carbocycles. The van der Waals surface area contributed by atoms with E-state index in [0.717, 1.165) is 5.06 Å². The highest BCUT2D eigenvalue weighted by Crippen LogP contribution is 2.42. The van der Waals surface area contributed by atoms with Crippen LogP contribution in [0.4, 0.5) is 10.5 Å². The van der Waals surface area contributed by atoms with Crippen LogP contribution in [0.3, 0.4) is 0 Å². The number of anilines is 1. The van der Waals surface area contributed by atoms with Crippen molar-refractivity contribution in [3.63, 3.8) is 0 Å². The molecule has 1 fully saturated rings. The normalized spacial score (nSPS) is 19.7. The minimum absolute atomic E-state index is 0.351. The fourth-order valence-corrected chi connectivity index (χ4v) is 4.75. The van der Waals surface area contributed by atoms with E-state index in [2.05, 4.69) is 19.2 Å². The topological polar surface area (TPSA) is 55.8 Å². The van der Waals surface area contributed by atoms with Crippen molar-refractivity contribution in [3.8, 4) is 0 Å². The van der Waals surface area contributed by atoms with Gasteiger partial charge in [0.1, 0.15) is 10.5 Å². The molecule has 1 aromatic carbocycles. The first kappa shape index (κ1) is 19.3. The number of amides is 2. The summed E-state index contributed by atoms with van der Waals surface area (Å²) in [4.78, 5) is 14.4. The molecular formula is C16H22ClN3O2S2. The van der Waals surface area contributed by atoms with Gasteiger partial charge in [0.2, 0.25) is 0 Å². The summed E-state index contributed by atoms with van der Waals surface area (Å²) in [5.41, 5.74) is 0.521. The maximum atomic E-state index is 12.5. The van der Waals surface area contributed by atoms with Crippen molar-refractivity contribution in [2.45, 2.75) is 38.6 Å². The third kappa shape index (κ3) is 4.33. The molecule has 0 unspecified atom stereocenters. The van der Waals surface area contributed by atoms with Crippen molar-refractivity contribution in [3.05, 3.63) is 29.3 Å². The zero-order valence-corrected chi connectivity index (χ0v) is 16.5. The van der Waals surface area contributed by atoms with Crippen molar-refractivity contribution in [1.29, 1.82) is 0 Å². The number of nitrogens with one attached hydrogen (secondary N) is 1. The molecule has 24 heavy (non-hydrogen) atoms. The molecule has 1 atom stereocenters. The van der Waals surface area contributed by atoms with Gasteiger partial charge < -0.3 is 10.2 Å². The minimum Gasteiger partial charge on any atom is -0.333 e. The van der Waals surface area contributed by atoms with Crippen molar-refractivity contribution < 1.29 is 10.0 Å². The molecule has 0 aromatic heterocycles. The fourth-order valence-electron chi connectivity index (χ4n) is 2.66. The van der Waals surface area contributed by atoms with Gasteiger partial charge in [-0.3, -0.25) is 5.21 Å². The first-order valence-electron chi connectivity index (χ1n) is 7.66. The second kappa shape index (κ2) is 7.47. The summed E-state index contributed by atoms with van der Waals surface area (Å²) in [5, 5.41) is 14.5. The van der Waals surface area contributed by atoms with E-state index in [1.165, 1.54) is 11.8 Å². The first-order valence-corrected chi connectivity index (χ1v) is 9.26. The second-order valence-electron chi connectivity index (χ2n) is 6.68. The molecule has 0 spiro atoms. The summed E-state index contributed by atoms with van der Waals surface area (Å²) in [6, 6.07) is 6.17. The van der Waals surface area contributed by atoms with Crippen molar-refractivity contribution in [2.75, 3.05) is 11.9 Å². The minimum atomic E-state index is -0.616. The molecular weight excluding hydrogens is 366 g/mol. The second-order valence-corrected chi connectivity index (χ2v) is 9.40. The Morgan fingerprint density at radius 1 is 1.54 bits per heavy atom. The molecule has 2 N–H and O–H groups in total. The zero-order valence-electron chi connectivity index (χ0n) is 14.1. The summed E-state index contributed by atoms with van der Waals surface area (Å²) < 4.78 is 0.264. The lowest BCUT2D eigenvalue weighted by molar-refractivity contribution is -0.115. The Morgan fingerprint density at radius 2 is 2.21 bits per heavy atom. The van der Waals surface area contributed by atoms with Crippen LogP contribution < -0.4 is 5.32 Å². The number of thiocarbonyl (C=S) groups is 1. The Bertz CT molecular complexity index is 640.